The average molecular weight is 395 g/mol. The molecule has 26 heavy (non-hydrogen) atoms. The summed E-state index contributed by atoms with van der Waals surface area (Å²) in [6.07, 6.45) is 1.07. The van der Waals surface area contributed by atoms with E-state index in [0.29, 0.717) is 10.7 Å². The maximum absolute atomic E-state index is 12.7. The van der Waals surface area contributed by atoms with Crippen LogP contribution in [0.2, 0.25) is 5.02 Å². The summed E-state index contributed by atoms with van der Waals surface area (Å²) >= 11 is 5.98. The Labute approximate surface area is 160 Å². The Bertz CT molecular complexity index is 882. The van der Waals surface area contributed by atoms with E-state index in [1.165, 1.54) is 6.07 Å². The minimum Gasteiger partial charge on any atom is -0.348 e. The number of amides is 1. The number of anilines is 1. The number of halogens is 1. The number of carbonyl (C=O) groups is 1. The molecule has 1 amide bonds. The SMILES string of the molecule is Cc1ccc([C@H](C)NC(=O)[C@H](C)N(c2cccc(Cl)c2)S(C)(=O)=O)cc1. The Morgan fingerprint density at radius 3 is 2.27 bits per heavy atom. The van der Waals surface area contributed by atoms with Crippen LogP contribution in [0.1, 0.15) is 31.0 Å². The zero-order chi connectivity index (χ0) is 19.5. The van der Waals surface area contributed by atoms with E-state index < -0.39 is 16.1 Å². The molecule has 0 aliphatic heterocycles. The highest BCUT2D eigenvalue weighted by atomic mass is 35.5. The number of aryl methyl sites for hydroxylation is 1. The van der Waals surface area contributed by atoms with E-state index in [-0.39, 0.29) is 11.9 Å². The summed E-state index contributed by atoms with van der Waals surface area (Å²) in [4.78, 5) is 12.7. The molecule has 0 aromatic heterocycles. The first kappa shape index (κ1) is 20.3. The topological polar surface area (TPSA) is 66.5 Å². The van der Waals surface area contributed by atoms with E-state index in [1.807, 2.05) is 38.1 Å². The molecule has 0 unspecified atom stereocenters. The molecule has 2 atom stereocenters. The molecular formula is C19H23ClN2O3S. The summed E-state index contributed by atoms with van der Waals surface area (Å²) in [5.74, 6) is -0.386. The third kappa shape index (κ3) is 4.99. The standard InChI is InChI=1S/C19H23ClN2O3S/c1-13-8-10-16(11-9-13)14(2)21-19(23)15(3)22(26(4,24)25)18-7-5-6-17(20)12-18/h5-12,14-15H,1-4H3,(H,21,23)/t14-,15-/m0/s1. The van der Waals surface area contributed by atoms with E-state index in [9.17, 15) is 13.2 Å². The molecule has 0 bridgehead atoms. The summed E-state index contributed by atoms with van der Waals surface area (Å²) < 4.78 is 25.6. The first-order valence-corrected chi connectivity index (χ1v) is 10.4. The van der Waals surface area contributed by atoms with Crippen molar-refractivity contribution >= 4 is 33.2 Å². The highest BCUT2D eigenvalue weighted by molar-refractivity contribution is 7.92. The Kier molecular flexibility index (Phi) is 6.31. The minimum absolute atomic E-state index is 0.244. The number of hydrogen-bond donors (Lipinski definition) is 1. The lowest BCUT2D eigenvalue weighted by atomic mass is 10.1. The molecule has 1 N–H and O–H groups in total. The number of nitrogens with zero attached hydrogens (tertiary/aromatic N) is 1. The molecule has 2 aromatic carbocycles. The lowest BCUT2D eigenvalue weighted by molar-refractivity contribution is -0.122. The van der Waals surface area contributed by atoms with Gasteiger partial charge in [-0.1, -0.05) is 47.5 Å². The molecule has 0 heterocycles. The fourth-order valence-electron chi connectivity index (χ4n) is 2.69. The number of sulfonamides is 1. The first-order valence-electron chi connectivity index (χ1n) is 8.21. The van der Waals surface area contributed by atoms with Crippen LogP contribution in [-0.2, 0) is 14.8 Å². The highest BCUT2D eigenvalue weighted by Gasteiger charge is 2.30. The van der Waals surface area contributed by atoms with Crippen molar-refractivity contribution in [3.05, 3.63) is 64.7 Å². The Morgan fingerprint density at radius 1 is 1.12 bits per heavy atom. The van der Waals surface area contributed by atoms with E-state index in [2.05, 4.69) is 5.32 Å². The minimum atomic E-state index is -3.67. The van der Waals surface area contributed by atoms with Gasteiger partial charge in [0.05, 0.1) is 18.0 Å². The summed E-state index contributed by atoms with van der Waals surface area (Å²) in [6, 6.07) is 13.1. The van der Waals surface area contributed by atoms with Crippen LogP contribution in [0.25, 0.3) is 0 Å². The van der Waals surface area contributed by atoms with Gasteiger partial charge in [-0.3, -0.25) is 9.10 Å². The van der Waals surface area contributed by atoms with Gasteiger partial charge in [0, 0.05) is 5.02 Å². The van der Waals surface area contributed by atoms with Crippen LogP contribution < -0.4 is 9.62 Å². The molecule has 0 aliphatic rings. The molecule has 140 valence electrons. The van der Waals surface area contributed by atoms with E-state index in [0.717, 1.165) is 21.7 Å². The largest absolute Gasteiger partial charge is 0.348 e. The van der Waals surface area contributed by atoms with E-state index in [4.69, 9.17) is 11.6 Å². The van der Waals surface area contributed by atoms with Crippen LogP contribution >= 0.6 is 11.6 Å². The lowest BCUT2D eigenvalue weighted by Crippen LogP contribution is -2.48. The molecular weight excluding hydrogens is 372 g/mol. The fourth-order valence-corrected chi connectivity index (χ4v) is 4.05. The van der Waals surface area contributed by atoms with Gasteiger partial charge < -0.3 is 5.32 Å². The van der Waals surface area contributed by atoms with Gasteiger partial charge in [0.15, 0.2) is 0 Å². The van der Waals surface area contributed by atoms with Gasteiger partial charge in [-0.25, -0.2) is 8.42 Å². The quantitative estimate of drug-likeness (QED) is 0.812. The lowest BCUT2D eigenvalue weighted by Gasteiger charge is -2.29. The number of carbonyl (C=O) groups excluding carboxylic acids is 1. The first-order chi connectivity index (χ1) is 12.1. The van der Waals surface area contributed by atoms with E-state index in [1.54, 1.807) is 25.1 Å². The average Bonchev–Trinajstić information content (AvgIpc) is 2.54. The summed E-state index contributed by atoms with van der Waals surface area (Å²) in [6.45, 7) is 5.41. The van der Waals surface area contributed by atoms with Gasteiger partial charge >= 0.3 is 0 Å². The molecule has 0 spiro atoms. The third-order valence-corrected chi connectivity index (χ3v) is 5.56. The maximum atomic E-state index is 12.7. The zero-order valence-corrected chi connectivity index (χ0v) is 16.8. The monoisotopic (exact) mass is 394 g/mol. The van der Waals surface area contributed by atoms with Crippen LogP contribution in [0.5, 0.6) is 0 Å². The van der Waals surface area contributed by atoms with Crippen molar-refractivity contribution in [1.29, 1.82) is 0 Å². The van der Waals surface area contributed by atoms with Crippen LogP contribution in [0, 0.1) is 6.92 Å². The second-order valence-electron chi connectivity index (χ2n) is 6.36. The van der Waals surface area contributed by atoms with E-state index >= 15 is 0 Å². The van der Waals surface area contributed by atoms with Crippen LogP contribution in [0.15, 0.2) is 48.5 Å². The maximum Gasteiger partial charge on any atom is 0.244 e. The van der Waals surface area contributed by atoms with Gasteiger partial charge in [-0.05, 0) is 44.5 Å². The van der Waals surface area contributed by atoms with Gasteiger partial charge in [0.2, 0.25) is 15.9 Å². The van der Waals surface area contributed by atoms with Crippen LogP contribution in [0.4, 0.5) is 5.69 Å². The predicted octanol–water partition coefficient (Wildman–Crippen LogP) is 3.68. The normalized spacial score (nSPS) is 13.7. The Balaban J connectivity index is 2.23. The highest BCUT2D eigenvalue weighted by Crippen LogP contribution is 2.24. The summed E-state index contributed by atoms with van der Waals surface area (Å²) in [5.41, 5.74) is 2.43. The van der Waals surface area contributed by atoms with Gasteiger partial charge in [0.1, 0.15) is 6.04 Å². The van der Waals surface area contributed by atoms with Crippen molar-refractivity contribution in [2.45, 2.75) is 32.9 Å². The van der Waals surface area contributed by atoms with Gasteiger partial charge in [-0.2, -0.15) is 0 Å². The Morgan fingerprint density at radius 2 is 1.73 bits per heavy atom. The molecule has 0 saturated carbocycles. The molecule has 0 aliphatic carbocycles. The van der Waals surface area contributed by atoms with Crippen LogP contribution in [-0.4, -0.2) is 26.6 Å². The summed E-state index contributed by atoms with van der Waals surface area (Å²) in [5, 5.41) is 3.27. The molecule has 0 fully saturated rings. The van der Waals surface area contributed by atoms with Crippen molar-refractivity contribution in [2.24, 2.45) is 0 Å². The van der Waals surface area contributed by atoms with Crippen molar-refractivity contribution in [3.8, 4) is 0 Å². The molecule has 0 radical (unpaired) electrons. The third-order valence-electron chi connectivity index (χ3n) is 4.09. The molecule has 7 heteroatoms. The van der Waals surface area contributed by atoms with Crippen molar-refractivity contribution in [3.63, 3.8) is 0 Å². The fraction of sp³-hybridized carbons (Fsp3) is 0.316. The van der Waals surface area contributed by atoms with Crippen molar-refractivity contribution in [2.75, 3.05) is 10.6 Å². The molecule has 0 saturated heterocycles. The van der Waals surface area contributed by atoms with Gasteiger partial charge in [0.25, 0.3) is 0 Å². The number of rotatable bonds is 6. The van der Waals surface area contributed by atoms with Crippen LogP contribution in [0.3, 0.4) is 0 Å². The predicted molar refractivity (Wildman–Crippen MR) is 106 cm³/mol. The van der Waals surface area contributed by atoms with Crippen molar-refractivity contribution in [1.82, 2.24) is 5.32 Å². The molecule has 2 rings (SSSR count). The molecule has 2 aromatic rings. The second kappa shape index (κ2) is 8.10. The molecule has 5 nitrogen and oxygen atoms in total. The van der Waals surface area contributed by atoms with Gasteiger partial charge in [-0.15, -0.1) is 0 Å². The smallest absolute Gasteiger partial charge is 0.244 e. The Hall–Kier alpha value is -2.05. The number of hydrogen-bond acceptors (Lipinski definition) is 3. The van der Waals surface area contributed by atoms with Crippen molar-refractivity contribution < 1.29 is 13.2 Å². The number of nitrogens with one attached hydrogen (secondary N) is 1. The zero-order valence-electron chi connectivity index (χ0n) is 15.2. The number of benzene rings is 2. The second-order valence-corrected chi connectivity index (χ2v) is 8.65. The summed E-state index contributed by atoms with van der Waals surface area (Å²) in [7, 11) is -3.67.